The average molecular weight is 391 g/mol. The van der Waals surface area contributed by atoms with E-state index in [2.05, 4.69) is 27.0 Å². The molecular weight excluding hydrogens is 376 g/mol. The number of aromatic nitrogens is 1. The molecule has 1 heterocycles. The fourth-order valence-corrected chi connectivity index (χ4v) is 3.36. The second-order valence-electron chi connectivity index (χ2n) is 4.72. The highest BCUT2D eigenvalue weighted by Crippen LogP contribution is 2.27. The Hall–Kier alpha value is -1.84. The Morgan fingerprint density at radius 1 is 1.43 bits per heavy atom. The first-order chi connectivity index (χ1) is 11.0. The summed E-state index contributed by atoms with van der Waals surface area (Å²) in [5.74, 6) is 0.247. The van der Waals surface area contributed by atoms with Crippen molar-refractivity contribution in [2.75, 3.05) is 6.61 Å². The number of hydrogen-bond acceptors (Lipinski definition) is 5. The number of benzene rings is 1. The van der Waals surface area contributed by atoms with Crippen LogP contribution in [0.1, 0.15) is 34.1 Å². The van der Waals surface area contributed by atoms with Crippen LogP contribution in [0.2, 0.25) is 0 Å². The third-order valence-corrected chi connectivity index (χ3v) is 4.61. The number of aryl methyl sites for hydroxylation is 1. The molecule has 1 aromatic heterocycles. The van der Waals surface area contributed by atoms with Crippen molar-refractivity contribution in [3.05, 3.63) is 57.2 Å². The zero-order chi connectivity index (χ0) is 16.8. The van der Waals surface area contributed by atoms with Crippen LogP contribution in [0, 0.1) is 18.3 Å². The van der Waals surface area contributed by atoms with Crippen LogP contribution in [-0.2, 0) is 10.5 Å². The van der Waals surface area contributed by atoms with Crippen LogP contribution in [0.4, 0.5) is 0 Å². The van der Waals surface area contributed by atoms with E-state index >= 15 is 0 Å². The molecule has 0 radical (unpaired) electrons. The van der Waals surface area contributed by atoms with Gasteiger partial charge in [-0.25, -0.2) is 9.78 Å². The Balaban J connectivity index is 2.24. The van der Waals surface area contributed by atoms with Crippen molar-refractivity contribution in [1.82, 2.24) is 4.98 Å². The van der Waals surface area contributed by atoms with Gasteiger partial charge < -0.3 is 4.74 Å². The minimum atomic E-state index is -0.447. The van der Waals surface area contributed by atoms with E-state index in [1.54, 1.807) is 19.9 Å². The summed E-state index contributed by atoms with van der Waals surface area (Å²) in [4.78, 5) is 16.3. The van der Waals surface area contributed by atoms with Gasteiger partial charge in [0.05, 0.1) is 23.4 Å². The Kier molecular flexibility index (Phi) is 6.20. The molecule has 2 aromatic rings. The van der Waals surface area contributed by atoms with Crippen LogP contribution < -0.4 is 0 Å². The van der Waals surface area contributed by atoms with Gasteiger partial charge in [0.25, 0.3) is 0 Å². The maximum absolute atomic E-state index is 11.9. The van der Waals surface area contributed by atoms with E-state index in [-0.39, 0.29) is 0 Å². The fourth-order valence-electron chi connectivity index (χ4n) is 1.97. The Morgan fingerprint density at radius 2 is 2.22 bits per heavy atom. The van der Waals surface area contributed by atoms with E-state index in [0.717, 1.165) is 10.0 Å². The van der Waals surface area contributed by atoms with Crippen molar-refractivity contribution in [3.63, 3.8) is 0 Å². The van der Waals surface area contributed by atoms with Crippen LogP contribution >= 0.6 is 27.7 Å². The number of thioether (sulfide) groups is 1. The predicted octanol–water partition coefficient (Wildman–Crippen LogP) is 4.49. The molecule has 0 fully saturated rings. The van der Waals surface area contributed by atoms with Crippen molar-refractivity contribution < 1.29 is 9.53 Å². The smallest absolute Gasteiger partial charge is 0.340 e. The molecule has 4 nitrogen and oxygen atoms in total. The number of nitrogens with zero attached hydrogens (tertiary/aromatic N) is 2. The highest BCUT2D eigenvalue weighted by Gasteiger charge is 2.16. The number of ether oxygens (including phenoxy) is 1. The van der Waals surface area contributed by atoms with Crippen molar-refractivity contribution in [3.8, 4) is 6.07 Å². The van der Waals surface area contributed by atoms with Crippen LogP contribution in [0.5, 0.6) is 0 Å². The highest BCUT2D eigenvalue weighted by molar-refractivity contribution is 9.10. The third-order valence-electron chi connectivity index (χ3n) is 3.06. The van der Waals surface area contributed by atoms with Crippen LogP contribution in [-0.4, -0.2) is 17.6 Å². The third kappa shape index (κ3) is 4.57. The maximum atomic E-state index is 11.9. The number of carbonyl (C=O) groups excluding carboxylic acids is 1. The first-order valence-corrected chi connectivity index (χ1v) is 8.79. The quantitative estimate of drug-likeness (QED) is 0.555. The molecule has 0 saturated heterocycles. The van der Waals surface area contributed by atoms with Gasteiger partial charge in [0.2, 0.25) is 0 Å². The van der Waals surface area contributed by atoms with Crippen LogP contribution in [0.15, 0.2) is 39.8 Å². The number of pyridine rings is 1. The minimum absolute atomic E-state index is 0.291. The summed E-state index contributed by atoms with van der Waals surface area (Å²) in [6.07, 6.45) is 0. The molecule has 0 atom stereocenters. The molecule has 0 aliphatic rings. The summed E-state index contributed by atoms with van der Waals surface area (Å²) in [5, 5.41) is 9.95. The molecule has 0 bridgehead atoms. The number of carbonyl (C=O) groups is 1. The number of halogens is 1. The lowest BCUT2D eigenvalue weighted by molar-refractivity contribution is 0.0524. The molecule has 0 aliphatic carbocycles. The van der Waals surface area contributed by atoms with Crippen LogP contribution in [0.3, 0.4) is 0 Å². The predicted molar refractivity (Wildman–Crippen MR) is 93.3 cm³/mol. The van der Waals surface area contributed by atoms with Gasteiger partial charge in [-0.1, -0.05) is 28.1 Å². The molecular formula is C17H15BrN2O2S. The van der Waals surface area contributed by atoms with Gasteiger partial charge >= 0.3 is 5.97 Å². The molecule has 1 aromatic carbocycles. The zero-order valence-electron chi connectivity index (χ0n) is 12.8. The normalized spacial score (nSPS) is 10.2. The van der Waals surface area contributed by atoms with E-state index in [9.17, 15) is 10.1 Å². The summed E-state index contributed by atoms with van der Waals surface area (Å²) in [5.41, 5.74) is 2.43. The summed E-state index contributed by atoms with van der Waals surface area (Å²) in [6, 6.07) is 11.6. The summed E-state index contributed by atoms with van der Waals surface area (Å²) in [6.45, 7) is 3.78. The van der Waals surface area contributed by atoms with E-state index < -0.39 is 5.97 Å². The van der Waals surface area contributed by atoms with E-state index in [4.69, 9.17) is 4.74 Å². The molecule has 0 saturated carbocycles. The van der Waals surface area contributed by atoms with Crippen LogP contribution in [0.25, 0.3) is 0 Å². The number of hydrogen-bond donors (Lipinski definition) is 0. The molecule has 0 amide bonds. The summed E-state index contributed by atoms with van der Waals surface area (Å²) in [7, 11) is 0. The van der Waals surface area contributed by atoms with Gasteiger partial charge in [0.15, 0.2) is 0 Å². The van der Waals surface area contributed by atoms with E-state index in [1.165, 1.54) is 11.8 Å². The SMILES string of the molecule is CCOC(=O)c1cc(C#N)c(SCc2cccc(Br)c2)nc1C. The summed E-state index contributed by atoms with van der Waals surface area (Å²) >= 11 is 4.91. The number of nitriles is 1. The van der Waals surface area contributed by atoms with Crippen molar-refractivity contribution in [2.24, 2.45) is 0 Å². The molecule has 0 aliphatic heterocycles. The van der Waals surface area contributed by atoms with Crippen molar-refractivity contribution in [1.29, 1.82) is 5.26 Å². The molecule has 6 heteroatoms. The van der Waals surface area contributed by atoms with Gasteiger partial charge in [0.1, 0.15) is 11.1 Å². The van der Waals surface area contributed by atoms with Gasteiger partial charge in [-0.05, 0) is 37.6 Å². The Bertz CT molecular complexity index is 772. The first kappa shape index (κ1) is 17.5. The number of esters is 1. The van der Waals surface area contributed by atoms with Gasteiger partial charge in [0, 0.05) is 10.2 Å². The van der Waals surface area contributed by atoms with Gasteiger partial charge in [-0.2, -0.15) is 5.26 Å². The largest absolute Gasteiger partial charge is 0.462 e. The zero-order valence-corrected chi connectivity index (χ0v) is 15.2. The topological polar surface area (TPSA) is 63.0 Å². The second-order valence-corrected chi connectivity index (χ2v) is 6.60. The molecule has 0 spiro atoms. The number of rotatable bonds is 5. The van der Waals surface area contributed by atoms with Gasteiger partial charge in [-0.3, -0.25) is 0 Å². The van der Waals surface area contributed by atoms with E-state index in [1.807, 2.05) is 24.3 Å². The van der Waals surface area contributed by atoms with Gasteiger partial charge in [-0.15, -0.1) is 11.8 Å². The van der Waals surface area contributed by atoms with E-state index in [0.29, 0.717) is 34.2 Å². The minimum Gasteiger partial charge on any atom is -0.462 e. The fraction of sp³-hybridized carbons (Fsp3) is 0.235. The molecule has 118 valence electrons. The highest BCUT2D eigenvalue weighted by atomic mass is 79.9. The second kappa shape index (κ2) is 8.14. The summed E-state index contributed by atoms with van der Waals surface area (Å²) < 4.78 is 6.00. The standard InChI is InChI=1S/C17H15BrN2O2S/c1-3-22-17(21)15-8-13(9-19)16(20-11(15)2)23-10-12-5-4-6-14(18)7-12/h4-8H,3,10H2,1-2H3. The monoisotopic (exact) mass is 390 g/mol. The van der Waals surface area contributed by atoms with Crippen molar-refractivity contribution >= 4 is 33.7 Å². The molecule has 0 unspecified atom stereocenters. The Morgan fingerprint density at radius 3 is 2.87 bits per heavy atom. The molecule has 2 rings (SSSR count). The lowest BCUT2D eigenvalue weighted by atomic mass is 10.1. The van der Waals surface area contributed by atoms with Crippen molar-refractivity contribution in [2.45, 2.75) is 24.6 Å². The first-order valence-electron chi connectivity index (χ1n) is 7.01. The maximum Gasteiger partial charge on any atom is 0.340 e. The molecule has 0 N–H and O–H groups in total. The lowest BCUT2D eigenvalue weighted by Gasteiger charge is -2.09. The lowest BCUT2D eigenvalue weighted by Crippen LogP contribution is -2.09. The Labute approximate surface area is 148 Å². The average Bonchev–Trinajstić information content (AvgIpc) is 2.53. The molecule has 23 heavy (non-hydrogen) atoms.